The molecule has 1 heterocycles. The Morgan fingerprint density at radius 2 is 2.00 bits per heavy atom. The summed E-state index contributed by atoms with van der Waals surface area (Å²) in [6.07, 6.45) is 2.45. The number of hydrogen-bond acceptors (Lipinski definition) is 7. The van der Waals surface area contributed by atoms with Crippen LogP contribution in [0.5, 0.6) is 0 Å². The molecule has 2 aromatic carbocycles. The SMILES string of the molecule is CS(=O)(=O)c1cccc(Nc2c(C#N)cnc3ccc([N+](=O)[O-])cc23)c1. The molecule has 0 spiro atoms. The van der Waals surface area contributed by atoms with E-state index in [1.807, 2.05) is 6.07 Å². The van der Waals surface area contributed by atoms with Crippen LogP contribution in [0.15, 0.2) is 53.6 Å². The highest BCUT2D eigenvalue weighted by atomic mass is 32.2. The van der Waals surface area contributed by atoms with Crippen molar-refractivity contribution >= 4 is 37.8 Å². The van der Waals surface area contributed by atoms with Gasteiger partial charge in [-0.1, -0.05) is 6.07 Å². The number of aromatic nitrogens is 1. The molecule has 0 unspecified atom stereocenters. The van der Waals surface area contributed by atoms with Crippen LogP contribution in [0, 0.1) is 21.4 Å². The fourth-order valence-electron chi connectivity index (χ4n) is 2.46. The van der Waals surface area contributed by atoms with Gasteiger partial charge < -0.3 is 5.32 Å². The second kappa shape index (κ2) is 6.42. The summed E-state index contributed by atoms with van der Waals surface area (Å²) in [5.41, 5.74) is 1.27. The molecule has 3 rings (SSSR count). The first-order valence-electron chi connectivity index (χ1n) is 7.34. The van der Waals surface area contributed by atoms with Gasteiger partial charge in [0.05, 0.1) is 26.6 Å². The van der Waals surface area contributed by atoms with Crippen molar-refractivity contribution < 1.29 is 13.3 Å². The van der Waals surface area contributed by atoms with E-state index in [1.54, 1.807) is 12.1 Å². The molecular weight excluding hydrogens is 356 g/mol. The second-order valence-electron chi connectivity index (χ2n) is 5.54. The average molecular weight is 368 g/mol. The molecule has 0 aliphatic carbocycles. The summed E-state index contributed by atoms with van der Waals surface area (Å²) >= 11 is 0. The number of anilines is 2. The highest BCUT2D eigenvalue weighted by molar-refractivity contribution is 7.90. The molecule has 8 nitrogen and oxygen atoms in total. The number of nitrogens with zero attached hydrogens (tertiary/aromatic N) is 3. The molecule has 0 aliphatic rings. The van der Waals surface area contributed by atoms with Crippen LogP contribution in [0.2, 0.25) is 0 Å². The van der Waals surface area contributed by atoms with Crippen molar-refractivity contribution in [3.05, 3.63) is 64.3 Å². The van der Waals surface area contributed by atoms with Gasteiger partial charge in [-0.3, -0.25) is 15.1 Å². The molecule has 0 saturated carbocycles. The van der Waals surface area contributed by atoms with E-state index < -0.39 is 14.8 Å². The summed E-state index contributed by atoms with van der Waals surface area (Å²) in [7, 11) is -3.40. The van der Waals surface area contributed by atoms with Gasteiger partial charge in [0.25, 0.3) is 5.69 Å². The highest BCUT2D eigenvalue weighted by Gasteiger charge is 2.15. The van der Waals surface area contributed by atoms with Crippen molar-refractivity contribution in [2.75, 3.05) is 11.6 Å². The predicted molar refractivity (Wildman–Crippen MR) is 95.9 cm³/mol. The number of nitrogens with one attached hydrogen (secondary N) is 1. The smallest absolute Gasteiger partial charge is 0.270 e. The molecule has 1 aromatic heterocycles. The summed E-state index contributed by atoms with van der Waals surface area (Å²) in [6, 6.07) is 12.2. The van der Waals surface area contributed by atoms with Gasteiger partial charge in [-0.05, 0) is 24.3 Å². The third-order valence-corrected chi connectivity index (χ3v) is 4.82. The molecule has 0 atom stereocenters. The predicted octanol–water partition coefficient (Wildman–Crippen LogP) is 3.16. The summed E-state index contributed by atoms with van der Waals surface area (Å²) in [5, 5.41) is 23.8. The number of hydrogen-bond donors (Lipinski definition) is 1. The number of rotatable bonds is 4. The van der Waals surface area contributed by atoms with E-state index in [-0.39, 0.29) is 16.1 Å². The first-order valence-corrected chi connectivity index (χ1v) is 9.23. The van der Waals surface area contributed by atoms with Crippen molar-refractivity contribution in [2.24, 2.45) is 0 Å². The van der Waals surface area contributed by atoms with E-state index >= 15 is 0 Å². The van der Waals surface area contributed by atoms with Gasteiger partial charge in [0.15, 0.2) is 9.84 Å². The Morgan fingerprint density at radius 3 is 2.65 bits per heavy atom. The number of nitriles is 1. The fraction of sp³-hybridized carbons (Fsp3) is 0.0588. The third-order valence-electron chi connectivity index (χ3n) is 3.71. The lowest BCUT2D eigenvalue weighted by Crippen LogP contribution is -2.00. The largest absolute Gasteiger partial charge is 0.354 e. The van der Waals surface area contributed by atoms with Crippen LogP contribution in [0.4, 0.5) is 17.1 Å². The van der Waals surface area contributed by atoms with Crippen molar-refractivity contribution in [1.82, 2.24) is 4.98 Å². The van der Waals surface area contributed by atoms with E-state index in [0.29, 0.717) is 22.3 Å². The molecule has 0 saturated heterocycles. The number of non-ortho nitro benzene ring substituents is 1. The lowest BCUT2D eigenvalue weighted by Gasteiger charge is -2.12. The van der Waals surface area contributed by atoms with Crippen molar-refractivity contribution in [3.8, 4) is 6.07 Å². The number of fused-ring (bicyclic) bond motifs is 1. The van der Waals surface area contributed by atoms with Crippen LogP contribution in [0.1, 0.15) is 5.56 Å². The Bertz CT molecular complexity index is 1180. The minimum Gasteiger partial charge on any atom is -0.354 e. The zero-order valence-corrected chi connectivity index (χ0v) is 14.3. The quantitative estimate of drug-likeness (QED) is 0.553. The number of pyridine rings is 1. The monoisotopic (exact) mass is 368 g/mol. The van der Waals surface area contributed by atoms with Crippen molar-refractivity contribution in [1.29, 1.82) is 5.26 Å². The topological polar surface area (TPSA) is 126 Å². The Morgan fingerprint density at radius 1 is 1.23 bits per heavy atom. The molecule has 0 fully saturated rings. The van der Waals surface area contributed by atoms with Gasteiger partial charge in [-0.25, -0.2) is 8.42 Å². The molecule has 26 heavy (non-hydrogen) atoms. The minimum atomic E-state index is -3.40. The van der Waals surface area contributed by atoms with Gasteiger partial charge in [0.2, 0.25) is 0 Å². The lowest BCUT2D eigenvalue weighted by molar-refractivity contribution is -0.384. The Balaban J connectivity index is 2.19. The van der Waals surface area contributed by atoms with E-state index in [9.17, 15) is 23.8 Å². The molecule has 0 bridgehead atoms. The van der Waals surface area contributed by atoms with Crippen LogP contribution in [0.25, 0.3) is 10.9 Å². The summed E-state index contributed by atoms with van der Waals surface area (Å²) < 4.78 is 23.5. The zero-order valence-electron chi connectivity index (χ0n) is 13.5. The van der Waals surface area contributed by atoms with Crippen LogP contribution in [-0.4, -0.2) is 24.6 Å². The number of sulfone groups is 1. The first kappa shape index (κ1) is 17.3. The maximum Gasteiger partial charge on any atom is 0.270 e. The summed E-state index contributed by atoms with van der Waals surface area (Å²) in [4.78, 5) is 14.8. The van der Waals surface area contributed by atoms with Gasteiger partial charge in [-0.15, -0.1) is 0 Å². The highest BCUT2D eigenvalue weighted by Crippen LogP contribution is 2.31. The maximum absolute atomic E-state index is 11.7. The maximum atomic E-state index is 11.7. The van der Waals surface area contributed by atoms with E-state index in [0.717, 1.165) is 6.26 Å². The summed E-state index contributed by atoms with van der Waals surface area (Å²) in [6.45, 7) is 0. The molecule has 3 aromatic rings. The van der Waals surface area contributed by atoms with E-state index in [1.165, 1.54) is 36.5 Å². The zero-order chi connectivity index (χ0) is 18.9. The molecule has 0 amide bonds. The Kier molecular flexibility index (Phi) is 4.28. The van der Waals surface area contributed by atoms with Gasteiger partial charge in [0, 0.05) is 35.7 Å². The van der Waals surface area contributed by atoms with E-state index in [4.69, 9.17) is 0 Å². The van der Waals surface area contributed by atoms with Crippen LogP contribution in [0.3, 0.4) is 0 Å². The number of nitro groups is 1. The second-order valence-corrected chi connectivity index (χ2v) is 7.56. The average Bonchev–Trinajstić information content (AvgIpc) is 2.61. The first-order chi connectivity index (χ1) is 12.3. The molecule has 0 radical (unpaired) electrons. The standard InChI is InChI=1S/C17H12N4O4S/c1-26(24,25)14-4-2-3-12(7-14)20-17-11(9-18)10-19-16-6-5-13(21(22)23)8-15(16)17/h2-8,10H,1H3,(H,19,20). The number of nitro benzene ring substituents is 1. The van der Waals surface area contributed by atoms with E-state index in [2.05, 4.69) is 10.3 Å². The molecule has 1 N–H and O–H groups in total. The summed E-state index contributed by atoms with van der Waals surface area (Å²) in [5.74, 6) is 0. The van der Waals surface area contributed by atoms with Crippen LogP contribution in [-0.2, 0) is 9.84 Å². The van der Waals surface area contributed by atoms with Crippen LogP contribution < -0.4 is 5.32 Å². The Hall–Kier alpha value is -3.51. The molecule has 9 heteroatoms. The van der Waals surface area contributed by atoms with Crippen molar-refractivity contribution in [2.45, 2.75) is 4.90 Å². The van der Waals surface area contributed by atoms with Gasteiger partial charge in [-0.2, -0.15) is 5.26 Å². The van der Waals surface area contributed by atoms with Gasteiger partial charge in [0.1, 0.15) is 6.07 Å². The molecular formula is C17H12N4O4S. The van der Waals surface area contributed by atoms with Gasteiger partial charge >= 0.3 is 0 Å². The Labute approximate surface area is 148 Å². The lowest BCUT2D eigenvalue weighted by atomic mass is 10.1. The minimum absolute atomic E-state index is 0.116. The van der Waals surface area contributed by atoms with Crippen molar-refractivity contribution in [3.63, 3.8) is 0 Å². The third kappa shape index (κ3) is 3.31. The normalized spacial score (nSPS) is 11.1. The molecule has 0 aliphatic heterocycles. The molecule has 130 valence electrons. The van der Waals surface area contributed by atoms with Crippen LogP contribution >= 0.6 is 0 Å². The number of benzene rings is 2. The fourth-order valence-corrected chi connectivity index (χ4v) is 3.13.